The van der Waals surface area contributed by atoms with Crippen LogP contribution in [0.25, 0.3) is 0 Å². The van der Waals surface area contributed by atoms with E-state index in [1.165, 1.54) is 32.4 Å². The number of nitrogens with zero attached hydrogens (tertiary/aromatic N) is 3. The van der Waals surface area contributed by atoms with Crippen molar-refractivity contribution in [2.45, 2.75) is 17.7 Å². The molecule has 1 aliphatic rings. The highest BCUT2D eigenvalue weighted by molar-refractivity contribution is 7.89. The molecule has 2 aromatic rings. The van der Waals surface area contributed by atoms with Crippen LogP contribution in [0, 0.1) is 5.92 Å². The van der Waals surface area contributed by atoms with E-state index >= 15 is 0 Å². The molecular formula is C20H23ClN4O4S. The number of amides is 2. The monoisotopic (exact) mass is 450 g/mol. The van der Waals surface area contributed by atoms with Gasteiger partial charge in [-0.05, 0) is 43.2 Å². The van der Waals surface area contributed by atoms with Gasteiger partial charge in [-0.3, -0.25) is 9.59 Å². The number of aromatic nitrogens is 1. The molecule has 10 heteroatoms. The highest BCUT2D eigenvalue weighted by Crippen LogP contribution is 2.22. The van der Waals surface area contributed by atoms with Crippen molar-refractivity contribution in [1.82, 2.24) is 14.2 Å². The topological polar surface area (TPSA) is 99.7 Å². The molecule has 8 nitrogen and oxygen atoms in total. The first-order valence-corrected chi connectivity index (χ1v) is 11.2. The predicted molar refractivity (Wildman–Crippen MR) is 114 cm³/mol. The van der Waals surface area contributed by atoms with E-state index in [0.29, 0.717) is 42.3 Å². The van der Waals surface area contributed by atoms with Crippen LogP contribution in [-0.4, -0.2) is 61.6 Å². The number of nitrogens with one attached hydrogen (secondary N) is 1. The summed E-state index contributed by atoms with van der Waals surface area (Å²) in [5.74, 6) is -0.186. The summed E-state index contributed by atoms with van der Waals surface area (Å²) < 4.78 is 25.7. The number of hydrogen-bond acceptors (Lipinski definition) is 5. The molecule has 0 aliphatic carbocycles. The zero-order valence-electron chi connectivity index (χ0n) is 16.7. The number of hydrogen-bond donors (Lipinski definition) is 1. The highest BCUT2D eigenvalue weighted by atomic mass is 35.5. The molecule has 0 spiro atoms. The first-order valence-electron chi connectivity index (χ1n) is 9.43. The Morgan fingerprint density at radius 1 is 1.17 bits per heavy atom. The maximum absolute atomic E-state index is 12.8. The van der Waals surface area contributed by atoms with Gasteiger partial charge in [-0.15, -0.1) is 0 Å². The first kappa shape index (κ1) is 22.2. The van der Waals surface area contributed by atoms with E-state index < -0.39 is 10.0 Å². The van der Waals surface area contributed by atoms with Crippen LogP contribution in [0.4, 0.5) is 5.82 Å². The largest absolute Gasteiger partial charge is 0.339 e. The second-order valence-corrected chi connectivity index (χ2v) is 9.82. The Morgan fingerprint density at radius 2 is 1.87 bits per heavy atom. The minimum absolute atomic E-state index is 0.0723. The van der Waals surface area contributed by atoms with Gasteiger partial charge in [0.05, 0.1) is 9.92 Å². The Labute approximate surface area is 180 Å². The summed E-state index contributed by atoms with van der Waals surface area (Å²) in [7, 11) is -0.733. The quantitative estimate of drug-likeness (QED) is 0.754. The van der Waals surface area contributed by atoms with Gasteiger partial charge in [0.25, 0.3) is 5.91 Å². The predicted octanol–water partition coefficient (Wildman–Crippen LogP) is 2.48. The van der Waals surface area contributed by atoms with Crippen LogP contribution < -0.4 is 5.32 Å². The summed E-state index contributed by atoms with van der Waals surface area (Å²) >= 11 is 5.79. The summed E-state index contributed by atoms with van der Waals surface area (Å²) in [6.45, 7) is 0.825. The zero-order chi connectivity index (χ0) is 21.9. The van der Waals surface area contributed by atoms with Crippen LogP contribution in [0.1, 0.15) is 23.2 Å². The van der Waals surface area contributed by atoms with Crippen molar-refractivity contribution in [3.05, 3.63) is 53.2 Å². The second-order valence-electron chi connectivity index (χ2n) is 7.23. The first-order chi connectivity index (χ1) is 14.2. The average molecular weight is 451 g/mol. The van der Waals surface area contributed by atoms with Gasteiger partial charge in [-0.1, -0.05) is 17.7 Å². The van der Waals surface area contributed by atoms with E-state index in [1.54, 1.807) is 29.2 Å². The molecule has 2 amide bonds. The number of benzene rings is 1. The third-order valence-corrected chi connectivity index (χ3v) is 7.03. The minimum Gasteiger partial charge on any atom is -0.339 e. The molecule has 2 heterocycles. The third kappa shape index (κ3) is 4.97. The van der Waals surface area contributed by atoms with Crippen molar-refractivity contribution in [2.75, 3.05) is 32.5 Å². The summed E-state index contributed by atoms with van der Waals surface area (Å²) in [4.78, 5) is 31.1. The molecule has 160 valence electrons. The summed E-state index contributed by atoms with van der Waals surface area (Å²) in [5.41, 5.74) is 0.311. The average Bonchev–Trinajstić information content (AvgIpc) is 2.75. The van der Waals surface area contributed by atoms with Gasteiger partial charge in [0, 0.05) is 44.9 Å². The Kier molecular flexibility index (Phi) is 6.74. The standard InChI is InChI=1S/C20H23ClN4O4S/c1-24(2)30(28,29)17-5-3-4-15(12-17)20(27)25-10-8-14(9-11-25)19(26)23-18-7-6-16(21)13-22-18/h3-7,12-14H,8-11H2,1-2H3,(H,22,23,26). The van der Waals surface area contributed by atoms with E-state index in [4.69, 9.17) is 11.6 Å². The van der Waals surface area contributed by atoms with Gasteiger partial charge in [0.2, 0.25) is 15.9 Å². The van der Waals surface area contributed by atoms with Crippen LogP contribution in [0.5, 0.6) is 0 Å². The van der Waals surface area contributed by atoms with E-state index in [2.05, 4.69) is 10.3 Å². The molecule has 0 atom stereocenters. The SMILES string of the molecule is CN(C)S(=O)(=O)c1cccc(C(=O)N2CCC(C(=O)Nc3ccc(Cl)cn3)CC2)c1. The van der Waals surface area contributed by atoms with Gasteiger partial charge in [0.1, 0.15) is 5.82 Å². The van der Waals surface area contributed by atoms with Crippen LogP contribution in [0.15, 0.2) is 47.5 Å². The Balaban J connectivity index is 1.61. The van der Waals surface area contributed by atoms with Gasteiger partial charge < -0.3 is 10.2 Å². The lowest BCUT2D eigenvalue weighted by Crippen LogP contribution is -2.41. The van der Waals surface area contributed by atoms with Crippen molar-refractivity contribution in [3.8, 4) is 0 Å². The lowest BCUT2D eigenvalue weighted by atomic mass is 9.95. The molecule has 0 saturated carbocycles. The summed E-state index contributed by atoms with van der Waals surface area (Å²) in [5, 5.41) is 3.25. The van der Waals surface area contributed by atoms with Crippen molar-refractivity contribution in [1.29, 1.82) is 0 Å². The number of rotatable bonds is 5. The van der Waals surface area contributed by atoms with Gasteiger partial charge in [0.15, 0.2) is 0 Å². The molecule has 1 fully saturated rings. The molecule has 0 unspecified atom stereocenters. The number of piperidine rings is 1. The fraction of sp³-hybridized carbons (Fsp3) is 0.350. The number of carbonyl (C=O) groups is 2. The molecule has 1 N–H and O–H groups in total. The number of sulfonamides is 1. The van der Waals surface area contributed by atoms with Gasteiger partial charge in [-0.25, -0.2) is 17.7 Å². The molecule has 0 bridgehead atoms. The van der Waals surface area contributed by atoms with Crippen LogP contribution in [-0.2, 0) is 14.8 Å². The third-order valence-electron chi connectivity index (χ3n) is 4.99. The van der Waals surface area contributed by atoms with Crippen LogP contribution in [0.3, 0.4) is 0 Å². The molecule has 1 aliphatic heterocycles. The van der Waals surface area contributed by atoms with Crippen LogP contribution >= 0.6 is 11.6 Å². The second kappa shape index (κ2) is 9.11. The fourth-order valence-electron chi connectivity index (χ4n) is 3.21. The molecule has 30 heavy (non-hydrogen) atoms. The van der Waals surface area contributed by atoms with E-state index in [9.17, 15) is 18.0 Å². The van der Waals surface area contributed by atoms with Gasteiger partial charge in [-0.2, -0.15) is 0 Å². The number of anilines is 1. The lowest BCUT2D eigenvalue weighted by molar-refractivity contribution is -0.121. The van der Waals surface area contributed by atoms with Crippen molar-refractivity contribution < 1.29 is 18.0 Å². The Morgan fingerprint density at radius 3 is 2.47 bits per heavy atom. The van der Waals surface area contributed by atoms with Crippen LogP contribution in [0.2, 0.25) is 5.02 Å². The molecular weight excluding hydrogens is 428 g/mol. The maximum Gasteiger partial charge on any atom is 0.253 e. The summed E-state index contributed by atoms with van der Waals surface area (Å²) in [6.07, 6.45) is 2.49. The minimum atomic E-state index is -3.62. The number of halogens is 1. The normalized spacial score (nSPS) is 15.3. The van der Waals surface area contributed by atoms with Crippen molar-refractivity contribution in [2.24, 2.45) is 5.92 Å². The van der Waals surface area contributed by atoms with E-state index in [0.717, 1.165) is 4.31 Å². The zero-order valence-corrected chi connectivity index (χ0v) is 18.3. The van der Waals surface area contributed by atoms with E-state index in [1.807, 2.05) is 0 Å². The van der Waals surface area contributed by atoms with E-state index in [-0.39, 0.29) is 22.6 Å². The fourth-order valence-corrected chi connectivity index (χ4v) is 4.27. The summed E-state index contributed by atoms with van der Waals surface area (Å²) in [6, 6.07) is 9.30. The molecule has 3 rings (SSSR count). The number of likely N-dealkylation sites (tertiary alicyclic amines) is 1. The van der Waals surface area contributed by atoms with Crippen molar-refractivity contribution in [3.63, 3.8) is 0 Å². The van der Waals surface area contributed by atoms with Crippen molar-refractivity contribution >= 4 is 39.3 Å². The molecule has 1 saturated heterocycles. The number of pyridine rings is 1. The Hall–Kier alpha value is -2.49. The Bertz CT molecular complexity index is 1030. The van der Waals surface area contributed by atoms with Gasteiger partial charge >= 0.3 is 0 Å². The lowest BCUT2D eigenvalue weighted by Gasteiger charge is -2.31. The molecule has 1 aromatic carbocycles. The smallest absolute Gasteiger partial charge is 0.253 e. The molecule has 1 aromatic heterocycles. The highest BCUT2D eigenvalue weighted by Gasteiger charge is 2.28. The maximum atomic E-state index is 12.8. The number of carbonyl (C=O) groups excluding carboxylic acids is 2. The molecule has 0 radical (unpaired) electrons.